The average Bonchev–Trinajstić information content (AvgIpc) is 3.13. The molecule has 1 aliphatic heterocycles. The van der Waals surface area contributed by atoms with Crippen molar-refractivity contribution in [2.75, 3.05) is 19.8 Å². The molecule has 4 N–H and O–H groups in total. The first-order chi connectivity index (χ1) is 14.8. The van der Waals surface area contributed by atoms with Crippen LogP contribution in [0.15, 0.2) is 4.99 Å². The van der Waals surface area contributed by atoms with E-state index in [1.165, 1.54) is 0 Å². The molecule has 11 heteroatoms. The number of nitrogens with one attached hydrogen (secondary N) is 4. The monoisotopic (exact) mass is 467 g/mol. The summed E-state index contributed by atoms with van der Waals surface area (Å²) >= 11 is 6.14. The maximum Gasteiger partial charge on any atom is 0.391 e. The number of alkyl halides is 4. The summed E-state index contributed by atoms with van der Waals surface area (Å²) < 4.78 is 44.6. The van der Waals surface area contributed by atoms with E-state index in [4.69, 9.17) is 16.3 Å². The van der Waals surface area contributed by atoms with Crippen molar-refractivity contribution in [2.45, 2.75) is 75.6 Å². The summed E-state index contributed by atoms with van der Waals surface area (Å²) in [6.45, 7) is 3.26. The molecule has 4 unspecified atom stereocenters. The largest absolute Gasteiger partial charge is 0.391 e. The van der Waals surface area contributed by atoms with Crippen molar-refractivity contribution in [1.29, 1.82) is 0 Å². The van der Waals surface area contributed by atoms with E-state index in [9.17, 15) is 18.0 Å². The predicted molar refractivity (Wildman–Crippen MR) is 112 cm³/mol. The summed E-state index contributed by atoms with van der Waals surface area (Å²) in [5.41, 5.74) is 6.05. The molecule has 7 nitrogen and oxygen atoms in total. The molecule has 3 aliphatic rings. The third-order valence-corrected chi connectivity index (χ3v) is 6.93. The van der Waals surface area contributed by atoms with E-state index in [1.54, 1.807) is 0 Å². The number of fused-ring (bicyclic) bond motifs is 1. The number of hydrazine groups is 1. The lowest BCUT2D eigenvalue weighted by atomic mass is 9.78. The van der Waals surface area contributed by atoms with Crippen LogP contribution in [-0.4, -0.2) is 55.4 Å². The van der Waals surface area contributed by atoms with Gasteiger partial charge in [-0.25, -0.2) is 5.43 Å². The molecule has 4 atom stereocenters. The number of ether oxygens (including phenoxy) is 1. The van der Waals surface area contributed by atoms with Crippen molar-refractivity contribution in [3.05, 3.63) is 0 Å². The summed E-state index contributed by atoms with van der Waals surface area (Å²) in [6.07, 6.45) is -0.806. The van der Waals surface area contributed by atoms with Crippen LogP contribution in [0.25, 0.3) is 0 Å². The number of hydrogen-bond acceptors (Lipinski definition) is 5. The molecule has 31 heavy (non-hydrogen) atoms. The third kappa shape index (κ3) is 6.94. The molecule has 2 aliphatic carbocycles. The summed E-state index contributed by atoms with van der Waals surface area (Å²) in [5.74, 6) is -1.19. The minimum atomic E-state index is -4.17. The molecule has 0 aromatic carbocycles. The molecular weight excluding hydrogens is 435 g/mol. The topological polar surface area (TPSA) is 86.8 Å². The van der Waals surface area contributed by atoms with Crippen molar-refractivity contribution in [1.82, 2.24) is 21.5 Å². The molecule has 1 saturated heterocycles. The minimum absolute atomic E-state index is 0.0284. The molecule has 0 aromatic rings. The lowest BCUT2D eigenvalue weighted by Crippen LogP contribution is -2.54. The Hall–Kier alpha value is -1.10. The molecule has 0 spiro atoms. The van der Waals surface area contributed by atoms with Gasteiger partial charge in [0, 0.05) is 29.9 Å². The molecule has 1 amide bonds. The zero-order valence-electron chi connectivity index (χ0n) is 17.8. The Balaban J connectivity index is 1.59. The molecular formula is C20H33ClF3N5O2. The van der Waals surface area contributed by atoms with Gasteiger partial charge in [-0.3, -0.25) is 20.5 Å². The van der Waals surface area contributed by atoms with Gasteiger partial charge in [0.15, 0.2) is 5.96 Å². The Kier molecular flexibility index (Phi) is 8.83. The third-order valence-electron chi connectivity index (χ3n) is 6.49. The highest BCUT2D eigenvalue weighted by atomic mass is 35.5. The second-order valence-electron chi connectivity index (χ2n) is 8.60. The number of carbonyl (C=O) groups excluding carboxylic acids is 1. The molecule has 3 fully saturated rings. The van der Waals surface area contributed by atoms with Crippen LogP contribution in [0, 0.1) is 17.8 Å². The molecule has 0 aromatic heterocycles. The fourth-order valence-corrected chi connectivity index (χ4v) is 4.92. The quantitative estimate of drug-likeness (QED) is 0.209. The summed E-state index contributed by atoms with van der Waals surface area (Å²) in [5, 5.41) is 6.22. The molecule has 1 heterocycles. The van der Waals surface area contributed by atoms with Crippen LogP contribution >= 0.6 is 11.6 Å². The van der Waals surface area contributed by atoms with E-state index in [1.807, 2.05) is 6.92 Å². The highest BCUT2D eigenvalue weighted by molar-refractivity contribution is 6.20. The Morgan fingerprint density at radius 1 is 1.16 bits per heavy atom. The maximum atomic E-state index is 13.1. The van der Waals surface area contributed by atoms with Crippen molar-refractivity contribution in [2.24, 2.45) is 22.7 Å². The van der Waals surface area contributed by atoms with Crippen LogP contribution in [0.5, 0.6) is 0 Å². The fourth-order valence-electron chi connectivity index (χ4n) is 4.67. The highest BCUT2D eigenvalue weighted by Gasteiger charge is 2.48. The average molecular weight is 468 g/mol. The van der Waals surface area contributed by atoms with Crippen LogP contribution in [0.1, 0.15) is 51.9 Å². The first kappa shape index (κ1) is 24.5. The predicted octanol–water partition coefficient (Wildman–Crippen LogP) is 2.66. The van der Waals surface area contributed by atoms with Crippen LogP contribution in [0.4, 0.5) is 13.2 Å². The Bertz CT molecular complexity index is 628. The van der Waals surface area contributed by atoms with Gasteiger partial charge in [-0.1, -0.05) is 0 Å². The second-order valence-corrected chi connectivity index (χ2v) is 9.22. The molecule has 3 rings (SSSR count). The lowest BCUT2D eigenvalue weighted by molar-refractivity contribution is -0.185. The van der Waals surface area contributed by atoms with E-state index in [0.29, 0.717) is 32.1 Å². The number of nitrogens with zero attached hydrogens (tertiary/aromatic N) is 1. The summed E-state index contributed by atoms with van der Waals surface area (Å²) in [6, 6.07) is -0.280. The van der Waals surface area contributed by atoms with E-state index < -0.39 is 12.1 Å². The van der Waals surface area contributed by atoms with Gasteiger partial charge in [-0.15, -0.1) is 11.6 Å². The summed E-state index contributed by atoms with van der Waals surface area (Å²) in [4.78, 5) is 17.2. The lowest BCUT2D eigenvalue weighted by Gasteiger charge is -2.34. The van der Waals surface area contributed by atoms with Crippen molar-refractivity contribution >= 4 is 23.5 Å². The SMILES string of the molecule is CCOCCN=C(NC(=O)C1CCC(Cl)CC1)NC1NNC2CC(C(F)(F)F)CCC21. The fraction of sp³-hybridized carbons (Fsp3) is 0.900. The second kappa shape index (κ2) is 11.2. The standard InChI is InChI=1S/C20H33ClF3N5O2/c1-2-31-10-9-25-19(27-18(30)12-3-6-14(21)7-4-12)26-17-15-8-5-13(20(22,23)24)11-16(15)28-29-17/h12-17,28-29H,2-11H2,1H3,(H2,25,26,27,30). The van der Waals surface area contributed by atoms with Crippen molar-refractivity contribution < 1.29 is 22.7 Å². The first-order valence-corrected chi connectivity index (χ1v) is 11.6. The van der Waals surface area contributed by atoms with Gasteiger partial charge in [0.1, 0.15) is 0 Å². The first-order valence-electron chi connectivity index (χ1n) is 11.2. The minimum Gasteiger partial charge on any atom is -0.380 e. The zero-order valence-corrected chi connectivity index (χ0v) is 18.6. The van der Waals surface area contributed by atoms with Crippen LogP contribution < -0.4 is 21.5 Å². The van der Waals surface area contributed by atoms with E-state index in [2.05, 4.69) is 26.5 Å². The molecule has 0 bridgehead atoms. The van der Waals surface area contributed by atoms with Crippen molar-refractivity contribution in [3.63, 3.8) is 0 Å². The Labute approximate surface area is 186 Å². The van der Waals surface area contributed by atoms with Crippen LogP contribution in [-0.2, 0) is 9.53 Å². The van der Waals surface area contributed by atoms with E-state index in [0.717, 1.165) is 25.7 Å². The number of aliphatic imine (C=N–C) groups is 1. The van der Waals surface area contributed by atoms with Crippen LogP contribution in [0.3, 0.4) is 0 Å². The Morgan fingerprint density at radius 2 is 1.90 bits per heavy atom. The van der Waals surface area contributed by atoms with Gasteiger partial charge in [-0.2, -0.15) is 13.2 Å². The summed E-state index contributed by atoms with van der Waals surface area (Å²) in [7, 11) is 0. The molecule has 2 saturated carbocycles. The van der Waals surface area contributed by atoms with Crippen molar-refractivity contribution in [3.8, 4) is 0 Å². The van der Waals surface area contributed by atoms with Gasteiger partial charge in [0.2, 0.25) is 5.91 Å². The van der Waals surface area contributed by atoms with Gasteiger partial charge in [0.05, 0.1) is 25.2 Å². The van der Waals surface area contributed by atoms with Gasteiger partial charge in [0.25, 0.3) is 0 Å². The number of carbonyl (C=O) groups is 1. The molecule has 0 radical (unpaired) electrons. The van der Waals surface area contributed by atoms with Gasteiger partial charge >= 0.3 is 6.18 Å². The number of hydrogen-bond donors (Lipinski definition) is 4. The highest BCUT2D eigenvalue weighted by Crippen LogP contribution is 2.41. The van der Waals surface area contributed by atoms with Gasteiger partial charge < -0.3 is 10.1 Å². The van der Waals surface area contributed by atoms with E-state index >= 15 is 0 Å². The van der Waals surface area contributed by atoms with Crippen LogP contribution in [0.2, 0.25) is 0 Å². The number of halogens is 4. The maximum absolute atomic E-state index is 13.1. The zero-order chi connectivity index (χ0) is 22.4. The van der Waals surface area contributed by atoms with Gasteiger partial charge in [-0.05, 0) is 51.9 Å². The smallest absolute Gasteiger partial charge is 0.380 e. The Morgan fingerprint density at radius 3 is 2.58 bits per heavy atom. The number of rotatable bonds is 6. The molecule has 178 valence electrons. The number of guanidine groups is 1. The normalized spacial score (nSPS) is 34.3. The van der Waals surface area contributed by atoms with E-state index in [-0.39, 0.29) is 48.2 Å². The number of amides is 1.